The minimum absolute atomic E-state index is 0.180. The van der Waals surface area contributed by atoms with Crippen molar-refractivity contribution < 1.29 is 37.7 Å². The predicted octanol–water partition coefficient (Wildman–Crippen LogP) is 1.62. The number of aliphatic hydroxyl groups excluding tert-OH is 2. The topological polar surface area (TPSA) is 136 Å². The smallest absolute Gasteiger partial charge is 0.413 e. The highest BCUT2D eigenvalue weighted by Gasteiger charge is 2.59. The standard InChI is InChI=1S/C19H17F2N3O7/c20-19(21)15(26)13(8-25)31-16(19)24-6-5-14(22-17(24)27)23-18(28)29-9-11-7-10-3-1-2-4-12(10)30-11/h1-7,13,15-16,25-26H,8-9H2,(H,22,23,27,28)/t13-,15-,16-/m1/s1. The highest BCUT2D eigenvalue weighted by molar-refractivity contribution is 5.83. The number of nitrogens with one attached hydrogen (secondary N) is 1. The van der Waals surface area contributed by atoms with Gasteiger partial charge in [0.2, 0.25) is 6.23 Å². The fourth-order valence-corrected chi connectivity index (χ4v) is 3.16. The quantitative estimate of drug-likeness (QED) is 0.548. The lowest BCUT2D eigenvalue weighted by Gasteiger charge is -2.21. The molecule has 31 heavy (non-hydrogen) atoms. The van der Waals surface area contributed by atoms with Crippen molar-refractivity contribution in [2.75, 3.05) is 11.9 Å². The number of fused-ring (bicyclic) bond motifs is 1. The maximum Gasteiger partial charge on any atom is 0.413 e. The number of anilines is 1. The van der Waals surface area contributed by atoms with E-state index in [2.05, 4.69) is 10.3 Å². The van der Waals surface area contributed by atoms with Gasteiger partial charge in [-0.15, -0.1) is 0 Å². The van der Waals surface area contributed by atoms with Crippen LogP contribution in [0.5, 0.6) is 0 Å². The minimum Gasteiger partial charge on any atom is -0.457 e. The van der Waals surface area contributed by atoms with Gasteiger partial charge in [-0.25, -0.2) is 9.59 Å². The summed E-state index contributed by atoms with van der Waals surface area (Å²) in [7, 11) is 0. The molecule has 0 radical (unpaired) electrons. The van der Waals surface area contributed by atoms with E-state index >= 15 is 0 Å². The van der Waals surface area contributed by atoms with Crippen LogP contribution in [0.2, 0.25) is 0 Å². The van der Waals surface area contributed by atoms with E-state index in [9.17, 15) is 23.5 Å². The van der Waals surface area contributed by atoms with Crippen molar-refractivity contribution >= 4 is 22.9 Å². The third kappa shape index (κ3) is 4.00. The van der Waals surface area contributed by atoms with E-state index < -0.39 is 42.7 Å². The molecule has 2 aromatic heterocycles. The summed E-state index contributed by atoms with van der Waals surface area (Å²) in [5.41, 5.74) is -0.531. The molecule has 3 atom stereocenters. The van der Waals surface area contributed by atoms with E-state index in [1.165, 1.54) is 0 Å². The van der Waals surface area contributed by atoms with Crippen LogP contribution in [0.25, 0.3) is 11.0 Å². The Morgan fingerprint density at radius 1 is 1.32 bits per heavy atom. The van der Waals surface area contributed by atoms with E-state index in [4.69, 9.17) is 19.0 Å². The number of para-hydroxylation sites is 1. The summed E-state index contributed by atoms with van der Waals surface area (Å²) in [6.45, 7) is -1.04. The van der Waals surface area contributed by atoms with E-state index in [1.54, 1.807) is 18.2 Å². The first-order valence-electron chi connectivity index (χ1n) is 9.12. The average Bonchev–Trinajstić information content (AvgIpc) is 3.25. The number of aromatic nitrogens is 2. The fourth-order valence-electron chi connectivity index (χ4n) is 3.16. The van der Waals surface area contributed by atoms with Gasteiger partial charge in [0.05, 0.1) is 6.61 Å². The molecule has 0 aliphatic carbocycles. The molecule has 1 aliphatic heterocycles. The Morgan fingerprint density at radius 2 is 2.10 bits per heavy atom. The number of ether oxygens (including phenoxy) is 2. The Hall–Kier alpha value is -3.35. The van der Waals surface area contributed by atoms with Crippen LogP contribution < -0.4 is 11.0 Å². The molecular weight excluding hydrogens is 420 g/mol. The largest absolute Gasteiger partial charge is 0.457 e. The van der Waals surface area contributed by atoms with E-state index in [0.717, 1.165) is 17.6 Å². The maximum absolute atomic E-state index is 14.2. The Morgan fingerprint density at radius 3 is 2.77 bits per heavy atom. The molecule has 0 unspecified atom stereocenters. The van der Waals surface area contributed by atoms with Crippen LogP contribution in [-0.4, -0.2) is 50.6 Å². The lowest BCUT2D eigenvalue weighted by molar-refractivity contribution is -0.140. The molecule has 1 amide bonds. The van der Waals surface area contributed by atoms with Gasteiger partial charge in [-0.05, 0) is 18.2 Å². The van der Waals surface area contributed by atoms with Crippen molar-refractivity contribution in [1.82, 2.24) is 9.55 Å². The summed E-state index contributed by atoms with van der Waals surface area (Å²) >= 11 is 0. The summed E-state index contributed by atoms with van der Waals surface area (Å²) in [6, 6.07) is 10.0. The second kappa shape index (κ2) is 8.06. The van der Waals surface area contributed by atoms with Gasteiger partial charge < -0.3 is 24.1 Å². The Kier molecular flexibility index (Phi) is 5.43. The summed E-state index contributed by atoms with van der Waals surface area (Å²) in [4.78, 5) is 27.6. The molecule has 3 aromatic rings. The Bertz CT molecular complexity index is 1130. The number of alkyl halides is 2. The highest BCUT2D eigenvalue weighted by atomic mass is 19.3. The summed E-state index contributed by atoms with van der Waals surface area (Å²) in [5.74, 6) is -3.67. The molecule has 1 saturated heterocycles. The van der Waals surface area contributed by atoms with Crippen LogP contribution in [0, 0.1) is 0 Å². The van der Waals surface area contributed by atoms with Crippen molar-refractivity contribution in [2.45, 2.75) is 31.0 Å². The minimum atomic E-state index is -3.83. The van der Waals surface area contributed by atoms with Gasteiger partial charge in [0.25, 0.3) is 0 Å². The number of nitrogens with zero attached hydrogens (tertiary/aromatic N) is 2. The molecule has 1 fully saturated rings. The molecule has 1 aromatic carbocycles. The Labute approximate surface area is 172 Å². The number of benzene rings is 1. The van der Waals surface area contributed by atoms with Gasteiger partial charge in [-0.1, -0.05) is 18.2 Å². The van der Waals surface area contributed by atoms with Gasteiger partial charge in [0.1, 0.15) is 23.3 Å². The second-order valence-corrected chi connectivity index (χ2v) is 6.78. The first kappa shape index (κ1) is 20.9. The van der Waals surface area contributed by atoms with Crippen LogP contribution in [0.4, 0.5) is 19.4 Å². The molecule has 0 saturated carbocycles. The number of amides is 1. The molecule has 1 aliphatic rings. The molecule has 164 valence electrons. The molecule has 0 spiro atoms. The Balaban J connectivity index is 1.41. The monoisotopic (exact) mass is 437 g/mol. The molecule has 3 heterocycles. The number of furan rings is 1. The molecule has 4 rings (SSSR count). The van der Waals surface area contributed by atoms with Gasteiger partial charge in [-0.2, -0.15) is 13.8 Å². The highest BCUT2D eigenvalue weighted by Crippen LogP contribution is 2.41. The number of carbonyl (C=O) groups excluding carboxylic acids is 1. The van der Waals surface area contributed by atoms with Crippen molar-refractivity contribution in [3.8, 4) is 0 Å². The maximum atomic E-state index is 14.2. The number of carbonyl (C=O) groups is 1. The lowest BCUT2D eigenvalue weighted by Crippen LogP contribution is -2.41. The summed E-state index contributed by atoms with van der Waals surface area (Å²) in [5, 5.41) is 21.6. The normalized spacial score (nSPS) is 22.5. The van der Waals surface area contributed by atoms with Crippen molar-refractivity contribution in [1.29, 1.82) is 0 Å². The molecule has 3 N–H and O–H groups in total. The van der Waals surface area contributed by atoms with E-state index in [0.29, 0.717) is 15.9 Å². The van der Waals surface area contributed by atoms with Gasteiger partial charge in [-0.3, -0.25) is 9.88 Å². The summed E-state index contributed by atoms with van der Waals surface area (Å²) < 4.78 is 44.2. The van der Waals surface area contributed by atoms with Gasteiger partial charge in [0, 0.05) is 11.6 Å². The predicted molar refractivity (Wildman–Crippen MR) is 100 cm³/mol. The van der Waals surface area contributed by atoms with Crippen LogP contribution >= 0.6 is 0 Å². The molecule has 0 bridgehead atoms. The summed E-state index contributed by atoms with van der Waals surface area (Å²) in [6.07, 6.45) is -6.02. The lowest BCUT2D eigenvalue weighted by atomic mass is 10.1. The number of rotatable bonds is 5. The molecular formula is C19H17F2N3O7. The van der Waals surface area contributed by atoms with E-state index in [-0.39, 0.29) is 12.4 Å². The molecule has 12 heteroatoms. The zero-order chi connectivity index (χ0) is 22.2. The SMILES string of the molecule is O=C(Nc1ccn([C@@H]2O[C@H](CO)[C@@H](O)C2(F)F)c(=O)n1)OCc1cc2ccccc2o1. The first-order chi connectivity index (χ1) is 14.8. The fraction of sp³-hybridized carbons (Fsp3) is 0.316. The third-order valence-electron chi connectivity index (χ3n) is 4.69. The number of hydrogen-bond acceptors (Lipinski definition) is 8. The van der Waals surface area contributed by atoms with Crippen molar-refractivity contribution in [3.63, 3.8) is 0 Å². The number of halogens is 2. The van der Waals surface area contributed by atoms with Crippen molar-refractivity contribution in [2.24, 2.45) is 0 Å². The second-order valence-electron chi connectivity index (χ2n) is 6.78. The van der Waals surface area contributed by atoms with Crippen LogP contribution in [-0.2, 0) is 16.1 Å². The average molecular weight is 437 g/mol. The van der Waals surface area contributed by atoms with Crippen LogP contribution in [0.1, 0.15) is 12.0 Å². The van der Waals surface area contributed by atoms with E-state index in [1.807, 2.05) is 12.1 Å². The van der Waals surface area contributed by atoms with Crippen LogP contribution in [0.3, 0.4) is 0 Å². The van der Waals surface area contributed by atoms with Crippen molar-refractivity contribution in [3.05, 3.63) is 58.8 Å². The number of hydrogen-bond donors (Lipinski definition) is 3. The van der Waals surface area contributed by atoms with Gasteiger partial charge in [0.15, 0.2) is 12.7 Å². The zero-order valence-electron chi connectivity index (χ0n) is 15.8. The zero-order valence-corrected chi connectivity index (χ0v) is 15.8. The van der Waals surface area contributed by atoms with Crippen LogP contribution in [0.15, 0.2) is 51.8 Å². The third-order valence-corrected chi connectivity index (χ3v) is 4.69. The number of aliphatic hydroxyl groups is 2. The molecule has 10 nitrogen and oxygen atoms in total. The first-order valence-corrected chi connectivity index (χ1v) is 9.12. The van der Waals surface area contributed by atoms with Gasteiger partial charge >= 0.3 is 17.7 Å².